The molecule has 2 N–H and O–H groups in total. The Morgan fingerprint density at radius 3 is 2.62 bits per heavy atom. The summed E-state index contributed by atoms with van der Waals surface area (Å²) in [7, 11) is 0. The van der Waals surface area contributed by atoms with Crippen molar-refractivity contribution >= 4 is 29.4 Å². The highest BCUT2D eigenvalue weighted by Crippen LogP contribution is 2.17. The van der Waals surface area contributed by atoms with Gasteiger partial charge in [-0.2, -0.15) is 0 Å². The topological polar surface area (TPSA) is 102 Å². The molecule has 0 saturated heterocycles. The molecule has 0 radical (unpaired) electrons. The van der Waals surface area contributed by atoms with E-state index in [9.17, 15) is 9.59 Å². The minimum absolute atomic E-state index is 0.127. The second-order valence-corrected chi connectivity index (χ2v) is 7.95. The van der Waals surface area contributed by atoms with Crippen molar-refractivity contribution in [3.63, 3.8) is 0 Å². The summed E-state index contributed by atoms with van der Waals surface area (Å²) in [6.45, 7) is 5.42. The molecule has 2 aromatic heterocycles. The largest absolute Gasteiger partial charge is 0.360 e. The average Bonchev–Trinajstić information content (AvgIpc) is 3.38. The number of aryl methyl sites for hydroxylation is 1. The van der Waals surface area contributed by atoms with Gasteiger partial charge >= 0.3 is 0 Å². The Labute approximate surface area is 173 Å². The van der Waals surface area contributed by atoms with Gasteiger partial charge in [-0.1, -0.05) is 17.3 Å². The lowest BCUT2D eigenvalue weighted by molar-refractivity contribution is -0.119. The third-order valence-corrected chi connectivity index (χ3v) is 5.43. The molecular weight excluding hydrogens is 390 g/mol. The van der Waals surface area contributed by atoms with Gasteiger partial charge in [-0.3, -0.25) is 9.59 Å². The van der Waals surface area contributed by atoms with Crippen LogP contribution in [0.1, 0.15) is 31.2 Å². The number of hydrogen-bond donors (Lipinski definition) is 2. The van der Waals surface area contributed by atoms with Crippen LogP contribution in [0.3, 0.4) is 0 Å². The summed E-state index contributed by atoms with van der Waals surface area (Å²) in [6, 6.07) is 9.41. The molecule has 0 bridgehead atoms. The summed E-state index contributed by atoms with van der Waals surface area (Å²) in [5, 5.41) is 8.95. The summed E-state index contributed by atoms with van der Waals surface area (Å²) >= 11 is 1.26. The maximum Gasteiger partial charge on any atom is 0.238 e. The fourth-order valence-corrected chi connectivity index (χ4v) is 3.34. The van der Waals surface area contributed by atoms with Crippen molar-refractivity contribution in [2.45, 2.75) is 32.1 Å². The predicted molar refractivity (Wildman–Crippen MR) is 112 cm³/mol. The first-order chi connectivity index (χ1) is 13.9. The minimum Gasteiger partial charge on any atom is -0.360 e. The molecule has 152 valence electrons. The van der Waals surface area contributed by atoms with Crippen molar-refractivity contribution in [1.29, 1.82) is 0 Å². The van der Waals surface area contributed by atoms with Crippen LogP contribution < -0.4 is 10.6 Å². The van der Waals surface area contributed by atoms with Gasteiger partial charge in [-0.25, -0.2) is 4.98 Å². The number of thioether (sulfide) groups is 1. The number of carbonyl (C=O) groups excluding carboxylic acids is 2. The molecule has 0 aliphatic carbocycles. The predicted octanol–water partition coefficient (Wildman–Crippen LogP) is 3.11. The molecule has 1 aromatic carbocycles. The lowest BCUT2D eigenvalue weighted by Crippen LogP contribution is -2.30. The molecule has 9 heteroatoms. The zero-order valence-electron chi connectivity index (χ0n) is 16.5. The van der Waals surface area contributed by atoms with E-state index in [1.807, 2.05) is 42.0 Å². The molecule has 2 heterocycles. The Morgan fingerprint density at radius 1 is 1.24 bits per heavy atom. The van der Waals surface area contributed by atoms with Crippen LogP contribution in [0, 0.1) is 6.92 Å². The van der Waals surface area contributed by atoms with Gasteiger partial charge in [0, 0.05) is 24.1 Å². The highest BCUT2D eigenvalue weighted by Gasteiger charge is 2.18. The summed E-state index contributed by atoms with van der Waals surface area (Å²) in [5.41, 5.74) is 2.00. The van der Waals surface area contributed by atoms with Crippen LogP contribution >= 0.6 is 11.8 Å². The SMILES string of the molecule is Cc1cc(NC(=O)[C@@H](C)SCC(=O)N[C@@H](C)c2ccc(-n3ccnc3)cc2)no1. The van der Waals surface area contributed by atoms with Crippen molar-refractivity contribution in [2.75, 3.05) is 11.1 Å². The summed E-state index contributed by atoms with van der Waals surface area (Å²) in [5.74, 6) is 0.825. The highest BCUT2D eigenvalue weighted by atomic mass is 32.2. The van der Waals surface area contributed by atoms with Gasteiger partial charge in [0.25, 0.3) is 0 Å². The van der Waals surface area contributed by atoms with Gasteiger partial charge in [0.05, 0.1) is 23.4 Å². The van der Waals surface area contributed by atoms with Crippen LogP contribution in [0.15, 0.2) is 53.6 Å². The molecule has 3 aromatic rings. The lowest BCUT2D eigenvalue weighted by Gasteiger charge is -2.16. The quantitative estimate of drug-likeness (QED) is 0.588. The third kappa shape index (κ3) is 5.71. The van der Waals surface area contributed by atoms with Crippen LogP contribution in [-0.2, 0) is 9.59 Å². The number of benzene rings is 1. The van der Waals surface area contributed by atoms with E-state index in [2.05, 4.69) is 20.8 Å². The van der Waals surface area contributed by atoms with Gasteiger partial charge in [-0.05, 0) is 38.5 Å². The number of hydrogen-bond acceptors (Lipinski definition) is 6. The summed E-state index contributed by atoms with van der Waals surface area (Å²) in [4.78, 5) is 28.5. The molecule has 3 rings (SSSR count). The van der Waals surface area contributed by atoms with Crippen LogP contribution in [0.2, 0.25) is 0 Å². The van der Waals surface area contributed by atoms with Crippen LogP contribution in [0.4, 0.5) is 5.82 Å². The monoisotopic (exact) mass is 413 g/mol. The second-order valence-electron chi connectivity index (χ2n) is 6.62. The van der Waals surface area contributed by atoms with E-state index >= 15 is 0 Å². The van der Waals surface area contributed by atoms with Crippen LogP contribution in [-0.4, -0.2) is 37.5 Å². The van der Waals surface area contributed by atoms with E-state index in [4.69, 9.17) is 4.52 Å². The molecule has 8 nitrogen and oxygen atoms in total. The molecule has 0 aliphatic rings. The first kappa shape index (κ1) is 20.7. The fraction of sp³-hybridized carbons (Fsp3) is 0.300. The number of nitrogens with one attached hydrogen (secondary N) is 2. The first-order valence-electron chi connectivity index (χ1n) is 9.16. The lowest BCUT2D eigenvalue weighted by atomic mass is 10.1. The number of aromatic nitrogens is 3. The van der Waals surface area contributed by atoms with Gasteiger partial charge in [-0.15, -0.1) is 11.8 Å². The van der Waals surface area contributed by atoms with E-state index in [-0.39, 0.29) is 23.6 Å². The van der Waals surface area contributed by atoms with Gasteiger partial charge in [0.2, 0.25) is 11.8 Å². The number of amides is 2. The molecule has 0 unspecified atom stereocenters. The smallest absolute Gasteiger partial charge is 0.238 e. The second kappa shape index (κ2) is 9.42. The Morgan fingerprint density at radius 2 is 2.00 bits per heavy atom. The Bertz CT molecular complexity index is 953. The normalized spacial score (nSPS) is 12.9. The van der Waals surface area contributed by atoms with Crippen molar-refractivity contribution in [3.8, 4) is 5.69 Å². The van der Waals surface area contributed by atoms with E-state index in [1.54, 1.807) is 32.4 Å². The zero-order valence-corrected chi connectivity index (χ0v) is 17.3. The molecule has 0 fully saturated rings. The summed E-state index contributed by atoms with van der Waals surface area (Å²) in [6.07, 6.45) is 5.33. The first-order valence-corrected chi connectivity index (χ1v) is 10.2. The van der Waals surface area contributed by atoms with Crippen molar-refractivity contribution in [1.82, 2.24) is 20.0 Å². The number of anilines is 1. The van der Waals surface area contributed by atoms with Crippen molar-refractivity contribution < 1.29 is 14.1 Å². The Balaban J connectivity index is 1.45. The molecule has 29 heavy (non-hydrogen) atoms. The molecule has 0 aliphatic heterocycles. The van der Waals surface area contributed by atoms with E-state index < -0.39 is 5.25 Å². The Hall–Kier alpha value is -3.07. The Kier molecular flexibility index (Phi) is 6.71. The van der Waals surface area contributed by atoms with Gasteiger partial charge in [0.1, 0.15) is 5.76 Å². The molecule has 2 atom stereocenters. The molecule has 0 saturated carbocycles. The van der Waals surface area contributed by atoms with Gasteiger partial charge < -0.3 is 19.7 Å². The third-order valence-electron chi connectivity index (χ3n) is 4.29. The number of carbonyl (C=O) groups is 2. The molecular formula is C20H23N5O3S. The maximum absolute atomic E-state index is 12.3. The fourth-order valence-electron chi connectivity index (χ4n) is 2.64. The summed E-state index contributed by atoms with van der Waals surface area (Å²) < 4.78 is 6.83. The van der Waals surface area contributed by atoms with Crippen molar-refractivity contribution in [3.05, 3.63) is 60.4 Å². The van der Waals surface area contributed by atoms with E-state index in [1.165, 1.54) is 11.8 Å². The minimum atomic E-state index is -0.400. The average molecular weight is 414 g/mol. The van der Waals surface area contributed by atoms with Crippen LogP contribution in [0.25, 0.3) is 5.69 Å². The van der Waals surface area contributed by atoms with Crippen LogP contribution in [0.5, 0.6) is 0 Å². The van der Waals surface area contributed by atoms with E-state index in [0.29, 0.717) is 11.6 Å². The van der Waals surface area contributed by atoms with Crippen molar-refractivity contribution in [2.24, 2.45) is 0 Å². The number of nitrogens with zero attached hydrogens (tertiary/aromatic N) is 3. The van der Waals surface area contributed by atoms with Gasteiger partial charge in [0.15, 0.2) is 5.82 Å². The number of rotatable bonds is 8. The molecule has 0 spiro atoms. The van der Waals surface area contributed by atoms with E-state index in [0.717, 1.165) is 11.3 Å². The standard InChI is InChI=1S/C20H23N5O3S/c1-13-10-18(24-28-13)23-20(27)15(3)29-11-19(26)22-14(2)16-4-6-17(7-5-16)25-9-8-21-12-25/h4-10,12,14-15H,11H2,1-3H3,(H,22,26)(H,23,24,27)/t14-,15+/m0/s1. The zero-order chi connectivity index (χ0) is 20.8. The maximum atomic E-state index is 12.3. The highest BCUT2D eigenvalue weighted by molar-refractivity contribution is 8.01. The molecule has 2 amide bonds. The number of imidazole rings is 1.